The van der Waals surface area contributed by atoms with Gasteiger partial charge in [0.15, 0.2) is 0 Å². The topological polar surface area (TPSA) is 24.9 Å². The van der Waals surface area contributed by atoms with Crippen molar-refractivity contribution in [2.75, 3.05) is 13.6 Å². The predicted molar refractivity (Wildman–Crippen MR) is 70.0 cm³/mol. The molecule has 1 fully saturated rings. The second kappa shape index (κ2) is 5.28. The fraction of sp³-hybridized carbons (Fsp3) is 0.769. The number of nitrogens with one attached hydrogen (secondary N) is 1. The molecule has 0 radical (unpaired) electrons. The Bertz CT molecular complexity index is 326. The fourth-order valence-corrected chi connectivity index (χ4v) is 3.79. The quantitative estimate of drug-likeness (QED) is 0.872. The van der Waals surface area contributed by atoms with E-state index in [0.717, 1.165) is 11.8 Å². The molecule has 1 aliphatic carbocycles. The Labute approximate surface area is 102 Å². The molecule has 0 amide bonds. The van der Waals surface area contributed by atoms with Crippen LogP contribution in [0.1, 0.15) is 34.8 Å². The van der Waals surface area contributed by atoms with Crippen molar-refractivity contribution >= 4 is 11.3 Å². The molecule has 1 heterocycles. The maximum absolute atomic E-state index is 4.67. The van der Waals surface area contributed by atoms with E-state index in [1.54, 1.807) is 0 Å². The number of rotatable bonds is 4. The molecular formula is C13H22N2S. The Morgan fingerprint density at radius 3 is 2.69 bits per heavy atom. The van der Waals surface area contributed by atoms with Gasteiger partial charge in [0.1, 0.15) is 0 Å². The molecule has 0 spiro atoms. The average molecular weight is 238 g/mol. The molecule has 16 heavy (non-hydrogen) atoms. The van der Waals surface area contributed by atoms with E-state index < -0.39 is 0 Å². The summed E-state index contributed by atoms with van der Waals surface area (Å²) in [4.78, 5) is 6.05. The highest BCUT2D eigenvalue weighted by Gasteiger charge is 2.27. The second-order valence-corrected chi connectivity index (χ2v) is 6.25. The van der Waals surface area contributed by atoms with E-state index in [9.17, 15) is 0 Å². The third-order valence-electron chi connectivity index (χ3n) is 3.79. The summed E-state index contributed by atoms with van der Waals surface area (Å²) in [6, 6.07) is 0. The summed E-state index contributed by atoms with van der Waals surface area (Å²) in [5.41, 5.74) is 1.23. The summed E-state index contributed by atoms with van der Waals surface area (Å²) in [6.07, 6.45) is 5.39. The van der Waals surface area contributed by atoms with Crippen molar-refractivity contribution in [2.45, 2.75) is 39.5 Å². The summed E-state index contributed by atoms with van der Waals surface area (Å²) in [6.45, 7) is 5.47. The van der Waals surface area contributed by atoms with Gasteiger partial charge in [-0.3, -0.25) is 0 Å². The van der Waals surface area contributed by atoms with Crippen molar-refractivity contribution < 1.29 is 0 Å². The second-order valence-electron chi connectivity index (χ2n) is 4.96. The highest BCUT2D eigenvalue weighted by molar-refractivity contribution is 7.11. The van der Waals surface area contributed by atoms with Crippen molar-refractivity contribution in [2.24, 2.45) is 11.8 Å². The van der Waals surface area contributed by atoms with Crippen LogP contribution in [0.25, 0.3) is 0 Å². The lowest BCUT2D eigenvalue weighted by Gasteiger charge is -2.17. The molecule has 1 N–H and O–H groups in total. The van der Waals surface area contributed by atoms with Gasteiger partial charge in [-0.1, -0.05) is 6.42 Å². The highest BCUT2D eigenvalue weighted by atomic mass is 32.1. The van der Waals surface area contributed by atoms with Crippen LogP contribution < -0.4 is 5.32 Å². The lowest BCUT2D eigenvalue weighted by Crippen LogP contribution is -2.23. The molecule has 0 aliphatic heterocycles. The Morgan fingerprint density at radius 2 is 2.06 bits per heavy atom. The van der Waals surface area contributed by atoms with Gasteiger partial charge in [-0.25, -0.2) is 4.98 Å². The summed E-state index contributed by atoms with van der Waals surface area (Å²) < 4.78 is 0. The standard InChI is InChI=1S/C13H22N2S/c1-9-10(2)16-13(15-9)7-11-5-4-6-12(11)8-14-3/h11-12,14H,4-8H2,1-3H3. The molecular weight excluding hydrogens is 216 g/mol. The number of aryl methyl sites for hydroxylation is 2. The maximum Gasteiger partial charge on any atom is 0.0933 e. The first kappa shape index (κ1) is 12.1. The zero-order valence-electron chi connectivity index (χ0n) is 10.5. The smallest absolute Gasteiger partial charge is 0.0933 e. The van der Waals surface area contributed by atoms with E-state index >= 15 is 0 Å². The van der Waals surface area contributed by atoms with Crippen molar-refractivity contribution in [3.8, 4) is 0 Å². The van der Waals surface area contributed by atoms with Crippen LogP contribution in [0.5, 0.6) is 0 Å². The number of thiazole rings is 1. The summed E-state index contributed by atoms with van der Waals surface area (Å²) in [5.74, 6) is 1.73. The van der Waals surface area contributed by atoms with Crippen LogP contribution in [0.2, 0.25) is 0 Å². The maximum atomic E-state index is 4.67. The molecule has 1 aromatic rings. The summed E-state index contributed by atoms with van der Waals surface area (Å²) in [5, 5.41) is 4.67. The summed E-state index contributed by atoms with van der Waals surface area (Å²) in [7, 11) is 2.06. The molecule has 90 valence electrons. The third-order valence-corrected chi connectivity index (χ3v) is 4.89. The molecule has 0 aromatic carbocycles. The zero-order chi connectivity index (χ0) is 11.5. The SMILES string of the molecule is CNCC1CCCC1Cc1nc(C)c(C)s1. The van der Waals surface area contributed by atoms with Crippen LogP contribution in [0, 0.1) is 25.7 Å². The number of nitrogens with zero attached hydrogens (tertiary/aromatic N) is 1. The molecule has 2 nitrogen and oxygen atoms in total. The molecule has 2 rings (SSSR count). The van der Waals surface area contributed by atoms with Crippen LogP contribution in [0.15, 0.2) is 0 Å². The fourth-order valence-electron chi connectivity index (χ4n) is 2.76. The molecule has 2 atom stereocenters. The predicted octanol–water partition coefficient (Wildman–Crippen LogP) is 2.94. The average Bonchev–Trinajstić information content (AvgIpc) is 2.77. The van der Waals surface area contributed by atoms with Gasteiger partial charge < -0.3 is 5.32 Å². The van der Waals surface area contributed by atoms with E-state index in [1.165, 1.54) is 47.8 Å². The number of aromatic nitrogens is 1. The largest absolute Gasteiger partial charge is 0.319 e. The van der Waals surface area contributed by atoms with Gasteiger partial charge in [0.2, 0.25) is 0 Å². The van der Waals surface area contributed by atoms with Crippen molar-refractivity contribution in [1.29, 1.82) is 0 Å². The normalized spacial score (nSPS) is 25.2. The zero-order valence-corrected chi connectivity index (χ0v) is 11.4. The molecule has 0 saturated heterocycles. The van der Waals surface area contributed by atoms with E-state index in [1.807, 2.05) is 11.3 Å². The molecule has 1 aliphatic rings. The van der Waals surface area contributed by atoms with Gasteiger partial charge >= 0.3 is 0 Å². The monoisotopic (exact) mass is 238 g/mol. The Hall–Kier alpha value is -0.410. The van der Waals surface area contributed by atoms with E-state index in [-0.39, 0.29) is 0 Å². The molecule has 3 heteroatoms. The minimum absolute atomic E-state index is 0.859. The first-order valence-electron chi connectivity index (χ1n) is 6.28. The number of hydrogen-bond donors (Lipinski definition) is 1. The van der Waals surface area contributed by atoms with Crippen molar-refractivity contribution in [3.63, 3.8) is 0 Å². The minimum Gasteiger partial charge on any atom is -0.319 e. The Morgan fingerprint density at radius 1 is 1.31 bits per heavy atom. The van der Waals surface area contributed by atoms with Gasteiger partial charge in [0.25, 0.3) is 0 Å². The third kappa shape index (κ3) is 2.64. The lowest BCUT2D eigenvalue weighted by atomic mass is 9.93. The molecule has 0 bridgehead atoms. The van der Waals surface area contributed by atoms with Gasteiger partial charge in [-0.2, -0.15) is 0 Å². The minimum atomic E-state index is 0.859. The Balaban J connectivity index is 1.98. The van der Waals surface area contributed by atoms with Crippen molar-refractivity contribution in [1.82, 2.24) is 10.3 Å². The molecule has 1 saturated carbocycles. The Kier molecular flexibility index (Phi) is 3.98. The highest BCUT2D eigenvalue weighted by Crippen LogP contribution is 2.34. The van der Waals surface area contributed by atoms with Gasteiger partial charge in [-0.15, -0.1) is 11.3 Å². The van der Waals surface area contributed by atoms with Crippen LogP contribution in [0.3, 0.4) is 0 Å². The lowest BCUT2D eigenvalue weighted by molar-refractivity contribution is 0.374. The first-order valence-corrected chi connectivity index (χ1v) is 7.10. The summed E-state index contributed by atoms with van der Waals surface area (Å²) >= 11 is 1.89. The van der Waals surface area contributed by atoms with E-state index in [2.05, 4.69) is 31.2 Å². The van der Waals surface area contributed by atoms with Gasteiger partial charge in [-0.05, 0) is 52.1 Å². The van der Waals surface area contributed by atoms with E-state index in [0.29, 0.717) is 0 Å². The molecule has 1 aromatic heterocycles. The first-order chi connectivity index (χ1) is 7.70. The molecule has 2 unspecified atom stereocenters. The van der Waals surface area contributed by atoms with Crippen LogP contribution in [-0.2, 0) is 6.42 Å². The van der Waals surface area contributed by atoms with Crippen LogP contribution in [-0.4, -0.2) is 18.6 Å². The van der Waals surface area contributed by atoms with Gasteiger partial charge in [0.05, 0.1) is 10.7 Å². The van der Waals surface area contributed by atoms with E-state index in [4.69, 9.17) is 0 Å². The van der Waals surface area contributed by atoms with Gasteiger partial charge in [0, 0.05) is 11.3 Å². The van der Waals surface area contributed by atoms with Crippen LogP contribution in [0.4, 0.5) is 0 Å². The van der Waals surface area contributed by atoms with Crippen LogP contribution >= 0.6 is 11.3 Å². The number of hydrogen-bond acceptors (Lipinski definition) is 3. The van der Waals surface area contributed by atoms with Crippen molar-refractivity contribution in [3.05, 3.63) is 15.6 Å².